The summed E-state index contributed by atoms with van der Waals surface area (Å²) in [6.45, 7) is -0.0734. The lowest BCUT2D eigenvalue weighted by Gasteiger charge is -2.14. The van der Waals surface area contributed by atoms with Crippen molar-refractivity contribution in [1.82, 2.24) is 0 Å². The molecule has 0 saturated heterocycles. The highest BCUT2D eigenvalue weighted by Gasteiger charge is 2.30. The quantitative estimate of drug-likeness (QED) is 0.771. The molecule has 76 valence electrons. The molecule has 1 fully saturated rings. The molecule has 2 nitrogen and oxygen atoms in total. The molecule has 3 heteroatoms. The van der Waals surface area contributed by atoms with Gasteiger partial charge in [-0.15, -0.1) is 0 Å². The Morgan fingerprint density at radius 3 is 2.79 bits per heavy atom. The van der Waals surface area contributed by atoms with Crippen LogP contribution in [0.15, 0.2) is 18.2 Å². The van der Waals surface area contributed by atoms with E-state index in [0.717, 1.165) is 24.0 Å². The molecule has 0 spiro atoms. The minimum Gasteiger partial charge on any atom is -0.392 e. The number of halogens is 1. The highest BCUT2D eigenvalue weighted by Crippen LogP contribution is 2.40. The standard InChI is InChI=1S/C11H14FNO/c12-9-4-3-8(6-14)10(5-9)11(13)7-1-2-7/h3-5,7,11,14H,1-2,6,13H2. The first-order valence-corrected chi connectivity index (χ1v) is 4.87. The average molecular weight is 195 g/mol. The molecule has 1 aliphatic carbocycles. The molecular formula is C11H14FNO. The summed E-state index contributed by atoms with van der Waals surface area (Å²) in [6.07, 6.45) is 2.23. The molecule has 1 aromatic carbocycles. The molecule has 3 N–H and O–H groups in total. The van der Waals surface area contributed by atoms with E-state index in [4.69, 9.17) is 10.8 Å². The Hall–Kier alpha value is -0.930. The lowest BCUT2D eigenvalue weighted by atomic mass is 9.98. The molecule has 1 aromatic rings. The van der Waals surface area contributed by atoms with Crippen LogP contribution in [0.1, 0.15) is 30.0 Å². The van der Waals surface area contributed by atoms with E-state index in [1.165, 1.54) is 12.1 Å². The number of aliphatic hydroxyl groups excluding tert-OH is 1. The molecule has 2 rings (SSSR count). The maximum atomic E-state index is 13.0. The lowest BCUT2D eigenvalue weighted by Crippen LogP contribution is -2.15. The second-order valence-corrected chi connectivity index (χ2v) is 3.86. The summed E-state index contributed by atoms with van der Waals surface area (Å²) in [5, 5.41) is 9.08. The lowest BCUT2D eigenvalue weighted by molar-refractivity contribution is 0.279. The van der Waals surface area contributed by atoms with E-state index in [1.54, 1.807) is 6.07 Å². The van der Waals surface area contributed by atoms with Crippen LogP contribution < -0.4 is 5.73 Å². The molecule has 0 radical (unpaired) electrons. The topological polar surface area (TPSA) is 46.2 Å². The van der Waals surface area contributed by atoms with Crippen molar-refractivity contribution < 1.29 is 9.50 Å². The number of hydrogen-bond acceptors (Lipinski definition) is 2. The van der Waals surface area contributed by atoms with Crippen LogP contribution >= 0.6 is 0 Å². The zero-order valence-electron chi connectivity index (χ0n) is 7.91. The average Bonchev–Trinajstić information content (AvgIpc) is 3.00. The number of hydrogen-bond donors (Lipinski definition) is 2. The van der Waals surface area contributed by atoms with Gasteiger partial charge >= 0.3 is 0 Å². The third kappa shape index (κ3) is 1.79. The van der Waals surface area contributed by atoms with Gasteiger partial charge in [0, 0.05) is 6.04 Å². The number of benzene rings is 1. The molecule has 14 heavy (non-hydrogen) atoms. The minimum atomic E-state index is -0.284. The first-order valence-electron chi connectivity index (χ1n) is 4.87. The van der Waals surface area contributed by atoms with Crippen LogP contribution in [0.5, 0.6) is 0 Å². The van der Waals surface area contributed by atoms with Crippen molar-refractivity contribution >= 4 is 0 Å². The van der Waals surface area contributed by atoms with Gasteiger partial charge in [-0.1, -0.05) is 6.07 Å². The summed E-state index contributed by atoms with van der Waals surface area (Å²) in [5.41, 5.74) is 7.47. The maximum Gasteiger partial charge on any atom is 0.123 e. The van der Waals surface area contributed by atoms with Crippen molar-refractivity contribution in [2.75, 3.05) is 0 Å². The van der Waals surface area contributed by atoms with Crippen LogP contribution in [-0.2, 0) is 6.61 Å². The molecule has 0 heterocycles. The van der Waals surface area contributed by atoms with E-state index in [2.05, 4.69) is 0 Å². The summed E-state index contributed by atoms with van der Waals surface area (Å²) in [5.74, 6) is 0.190. The van der Waals surface area contributed by atoms with Crippen molar-refractivity contribution in [1.29, 1.82) is 0 Å². The predicted octanol–water partition coefficient (Wildman–Crippen LogP) is 1.73. The Morgan fingerprint density at radius 1 is 1.50 bits per heavy atom. The van der Waals surface area contributed by atoms with Gasteiger partial charge in [-0.3, -0.25) is 0 Å². The molecule has 1 aliphatic rings. The van der Waals surface area contributed by atoms with Gasteiger partial charge in [0.05, 0.1) is 6.61 Å². The van der Waals surface area contributed by atoms with Crippen molar-refractivity contribution in [3.8, 4) is 0 Å². The largest absolute Gasteiger partial charge is 0.392 e. The zero-order chi connectivity index (χ0) is 10.1. The van der Waals surface area contributed by atoms with Crippen molar-refractivity contribution in [3.63, 3.8) is 0 Å². The van der Waals surface area contributed by atoms with Gasteiger partial charge in [-0.25, -0.2) is 4.39 Å². The summed E-state index contributed by atoms with van der Waals surface area (Å²) in [6, 6.07) is 4.28. The molecule has 0 aliphatic heterocycles. The van der Waals surface area contributed by atoms with Crippen LogP contribution in [0, 0.1) is 11.7 Å². The summed E-state index contributed by atoms with van der Waals surface area (Å²) in [7, 11) is 0. The Kier molecular flexibility index (Phi) is 2.52. The Labute approximate surface area is 82.5 Å². The summed E-state index contributed by atoms with van der Waals surface area (Å²) >= 11 is 0. The zero-order valence-corrected chi connectivity index (χ0v) is 7.91. The van der Waals surface area contributed by atoms with E-state index in [9.17, 15) is 4.39 Å². The first-order chi connectivity index (χ1) is 6.72. The first kappa shape index (κ1) is 9.62. The van der Waals surface area contributed by atoms with Gasteiger partial charge in [0.25, 0.3) is 0 Å². The normalized spacial score (nSPS) is 18.2. The van der Waals surface area contributed by atoms with Crippen molar-refractivity contribution in [2.45, 2.75) is 25.5 Å². The number of nitrogens with two attached hydrogens (primary N) is 1. The molecule has 0 aromatic heterocycles. The predicted molar refractivity (Wildman–Crippen MR) is 52.0 cm³/mol. The van der Waals surface area contributed by atoms with E-state index in [-0.39, 0.29) is 18.5 Å². The fraction of sp³-hybridized carbons (Fsp3) is 0.455. The minimum absolute atomic E-state index is 0.0734. The fourth-order valence-electron chi connectivity index (χ4n) is 1.73. The third-order valence-corrected chi connectivity index (χ3v) is 2.77. The van der Waals surface area contributed by atoms with E-state index >= 15 is 0 Å². The Bertz CT molecular complexity index is 336. The van der Waals surface area contributed by atoms with Gasteiger partial charge in [0.2, 0.25) is 0 Å². The van der Waals surface area contributed by atoms with Gasteiger partial charge in [0.15, 0.2) is 0 Å². The van der Waals surface area contributed by atoms with E-state index in [0.29, 0.717) is 5.92 Å². The monoisotopic (exact) mass is 195 g/mol. The van der Waals surface area contributed by atoms with Gasteiger partial charge in [-0.05, 0) is 42.0 Å². The van der Waals surface area contributed by atoms with Gasteiger partial charge < -0.3 is 10.8 Å². The molecule has 1 unspecified atom stereocenters. The van der Waals surface area contributed by atoms with Crippen LogP contribution in [0.25, 0.3) is 0 Å². The fourth-order valence-corrected chi connectivity index (χ4v) is 1.73. The second kappa shape index (κ2) is 3.67. The van der Waals surface area contributed by atoms with Crippen LogP contribution in [0.3, 0.4) is 0 Å². The molecule has 0 amide bonds. The Morgan fingerprint density at radius 2 is 2.21 bits per heavy atom. The van der Waals surface area contributed by atoms with E-state index < -0.39 is 0 Å². The summed E-state index contributed by atoms with van der Waals surface area (Å²) in [4.78, 5) is 0. The van der Waals surface area contributed by atoms with Crippen molar-refractivity contribution in [3.05, 3.63) is 35.1 Å². The maximum absolute atomic E-state index is 13.0. The Balaban J connectivity index is 2.32. The smallest absolute Gasteiger partial charge is 0.123 e. The van der Waals surface area contributed by atoms with Crippen LogP contribution in [0.2, 0.25) is 0 Å². The highest BCUT2D eigenvalue weighted by molar-refractivity contribution is 5.31. The molecule has 0 bridgehead atoms. The third-order valence-electron chi connectivity index (χ3n) is 2.77. The van der Waals surface area contributed by atoms with E-state index in [1.807, 2.05) is 0 Å². The van der Waals surface area contributed by atoms with Crippen molar-refractivity contribution in [2.24, 2.45) is 11.7 Å². The SMILES string of the molecule is NC(c1cc(F)ccc1CO)C1CC1. The van der Waals surface area contributed by atoms with Crippen LogP contribution in [0.4, 0.5) is 4.39 Å². The van der Waals surface area contributed by atoms with Crippen LogP contribution in [-0.4, -0.2) is 5.11 Å². The number of rotatable bonds is 3. The molecule has 1 atom stereocenters. The van der Waals surface area contributed by atoms with Gasteiger partial charge in [-0.2, -0.15) is 0 Å². The highest BCUT2D eigenvalue weighted by atomic mass is 19.1. The number of aliphatic hydroxyl groups is 1. The summed E-state index contributed by atoms with van der Waals surface area (Å²) < 4.78 is 13.0. The molecule has 1 saturated carbocycles. The second-order valence-electron chi connectivity index (χ2n) is 3.86. The van der Waals surface area contributed by atoms with Gasteiger partial charge in [0.1, 0.15) is 5.82 Å². The molecular weight excluding hydrogens is 181 g/mol.